The first-order valence-electron chi connectivity index (χ1n) is 11.0. The van der Waals surface area contributed by atoms with Crippen LogP contribution in [0.25, 0.3) is 11.8 Å². The minimum Gasteiger partial charge on any atom is -0.383 e. The van der Waals surface area contributed by atoms with Gasteiger partial charge < -0.3 is 11.1 Å². The van der Waals surface area contributed by atoms with Crippen molar-refractivity contribution in [3.8, 4) is 5.69 Å². The van der Waals surface area contributed by atoms with Crippen LogP contribution in [0.1, 0.15) is 12.5 Å². The Morgan fingerprint density at radius 3 is 1.98 bits per heavy atom. The van der Waals surface area contributed by atoms with Crippen molar-refractivity contribution < 1.29 is 35.5 Å². The number of aromatic nitrogens is 2. The summed E-state index contributed by atoms with van der Waals surface area (Å²) >= 11 is 0. The standard InChI is InChI=1S/C23H20N6O9S2/c1-13(30)25-21-19(23(32)29(27-21)15-7-11-17(12-8-15)40(36,37)38)4-2-3-18-20(24)26-28(22(18)31)14-5-9-16(10-6-14)39(33,34)35/h2-12,26H,24H2,1H3,(H,25,27,30)(H,33,34,35)(H,36,37,38)/b3-2?,19-4-. The van der Waals surface area contributed by atoms with Crippen molar-refractivity contribution in [1.29, 1.82) is 0 Å². The van der Waals surface area contributed by atoms with Gasteiger partial charge in [0, 0.05) is 6.92 Å². The summed E-state index contributed by atoms with van der Waals surface area (Å²) in [5, 5.41) is 10.0. The average Bonchev–Trinajstić information content (AvgIpc) is 3.33. The van der Waals surface area contributed by atoms with E-state index < -0.39 is 42.5 Å². The lowest BCUT2D eigenvalue weighted by molar-refractivity contribution is -0.117. The van der Waals surface area contributed by atoms with Gasteiger partial charge in [-0.3, -0.25) is 28.6 Å². The van der Waals surface area contributed by atoms with Crippen molar-refractivity contribution in [3.63, 3.8) is 0 Å². The monoisotopic (exact) mass is 588 g/mol. The highest BCUT2D eigenvalue weighted by Crippen LogP contribution is 2.25. The molecule has 2 heterocycles. The molecule has 4 rings (SSSR count). The minimum atomic E-state index is -4.45. The van der Waals surface area contributed by atoms with Gasteiger partial charge in [-0.15, -0.1) is 5.10 Å². The summed E-state index contributed by atoms with van der Waals surface area (Å²) < 4.78 is 64.4. The van der Waals surface area contributed by atoms with E-state index in [-0.39, 0.29) is 39.1 Å². The molecule has 208 valence electrons. The van der Waals surface area contributed by atoms with Crippen LogP contribution in [0.15, 0.2) is 85.9 Å². The third-order valence-corrected chi connectivity index (χ3v) is 7.16. The van der Waals surface area contributed by atoms with Crippen molar-refractivity contribution in [1.82, 2.24) is 15.1 Å². The van der Waals surface area contributed by atoms with E-state index in [4.69, 9.17) is 14.8 Å². The fourth-order valence-corrected chi connectivity index (χ4v) is 4.54. The second kappa shape index (κ2) is 10.4. The fourth-order valence-electron chi connectivity index (χ4n) is 3.58. The summed E-state index contributed by atoms with van der Waals surface area (Å²) in [6, 6.07) is 9.38. The van der Waals surface area contributed by atoms with E-state index in [9.17, 15) is 31.2 Å². The summed E-state index contributed by atoms with van der Waals surface area (Å²) in [7, 11) is -8.88. The number of amidine groups is 1. The Kier molecular flexibility index (Phi) is 7.31. The predicted molar refractivity (Wildman–Crippen MR) is 143 cm³/mol. The first-order valence-corrected chi connectivity index (χ1v) is 13.9. The van der Waals surface area contributed by atoms with Gasteiger partial charge in [0.25, 0.3) is 31.7 Å². The average molecular weight is 589 g/mol. The van der Waals surface area contributed by atoms with Crippen LogP contribution in [0.4, 0.5) is 11.5 Å². The van der Waals surface area contributed by atoms with E-state index in [1.54, 1.807) is 0 Å². The second-order valence-electron chi connectivity index (χ2n) is 8.20. The van der Waals surface area contributed by atoms with Crippen molar-refractivity contribution in [2.75, 3.05) is 10.7 Å². The summed E-state index contributed by atoms with van der Waals surface area (Å²) in [4.78, 5) is 36.9. The largest absolute Gasteiger partial charge is 0.383 e. The number of hydrazone groups is 1. The Bertz CT molecular complexity index is 1880. The highest BCUT2D eigenvalue weighted by molar-refractivity contribution is 7.86. The van der Waals surface area contributed by atoms with E-state index in [0.717, 1.165) is 34.0 Å². The van der Waals surface area contributed by atoms with Crippen LogP contribution in [-0.2, 0) is 29.8 Å². The van der Waals surface area contributed by atoms with Crippen LogP contribution in [0, 0.1) is 0 Å². The molecule has 0 saturated heterocycles. The lowest BCUT2D eigenvalue weighted by Crippen LogP contribution is -2.29. The zero-order valence-corrected chi connectivity index (χ0v) is 22.0. The lowest BCUT2D eigenvalue weighted by Gasteiger charge is -2.11. The predicted octanol–water partition coefficient (Wildman–Crippen LogP) is 0.677. The molecule has 40 heavy (non-hydrogen) atoms. The number of hydrogen-bond donors (Lipinski definition) is 5. The van der Waals surface area contributed by atoms with Crippen molar-refractivity contribution in [2.24, 2.45) is 5.10 Å². The Labute approximate surface area is 226 Å². The van der Waals surface area contributed by atoms with Crippen molar-refractivity contribution in [2.45, 2.75) is 16.7 Å². The number of aromatic amines is 1. The number of nitrogens with one attached hydrogen (secondary N) is 2. The van der Waals surface area contributed by atoms with Crippen molar-refractivity contribution >= 4 is 55.5 Å². The fraction of sp³-hybridized carbons (Fsp3) is 0.0435. The number of nitrogens with two attached hydrogens (primary N) is 1. The molecular weight excluding hydrogens is 568 g/mol. The molecule has 2 aromatic carbocycles. The number of carbonyl (C=O) groups is 2. The van der Waals surface area contributed by atoms with Gasteiger partial charge in [-0.25, -0.2) is 4.68 Å². The molecule has 2 amide bonds. The minimum absolute atomic E-state index is 0.00294. The number of benzene rings is 2. The van der Waals surface area contributed by atoms with E-state index in [2.05, 4.69) is 15.5 Å². The molecule has 0 spiro atoms. The summed E-state index contributed by atoms with van der Waals surface area (Å²) in [5.74, 6) is -1.37. The Morgan fingerprint density at radius 2 is 1.48 bits per heavy atom. The van der Waals surface area contributed by atoms with Gasteiger partial charge in [-0.1, -0.05) is 6.08 Å². The topological polar surface area (TPSA) is 234 Å². The van der Waals surface area contributed by atoms with Crippen LogP contribution in [0.3, 0.4) is 0 Å². The first kappa shape index (κ1) is 28.2. The van der Waals surface area contributed by atoms with E-state index in [1.807, 2.05) is 0 Å². The molecule has 0 atom stereocenters. The number of hydrogen-bond acceptors (Lipinski definition) is 9. The molecule has 1 aromatic heterocycles. The molecule has 3 aromatic rings. The van der Waals surface area contributed by atoms with Gasteiger partial charge in [0.15, 0.2) is 5.84 Å². The molecular formula is C23H20N6O9S2. The van der Waals surface area contributed by atoms with E-state index in [1.165, 1.54) is 49.4 Å². The Balaban J connectivity index is 1.64. The molecule has 1 aliphatic rings. The molecule has 0 fully saturated rings. The number of carbonyl (C=O) groups excluding carboxylic acids is 2. The SMILES string of the molecule is CC(=O)NC1=NN(c2ccc(S(=O)(=O)O)cc2)C(=O)/C1=C\C=Cc1c(N)[nH]n(-c2ccc(S(=O)(=O)O)cc2)c1=O. The summed E-state index contributed by atoms with van der Waals surface area (Å²) in [6.07, 6.45) is 3.90. The molecule has 15 nitrogen and oxygen atoms in total. The van der Waals surface area contributed by atoms with Gasteiger partial charge in [-0.05, 0) is 60.7 Å². The van der Waals surface area contributed by atoms with Crippen LogP contribution < -0.4 is 21.6 Å². The number of nitrogen functional groups attached to an aromatic ring is 1. The third kappa shape index (κ3) is 5.76. The molecule has 1 aliphatic heterocycles. The van der Waals surface area contributed by atoms with Crippen molar-refractivity contribution in [3.05, 3.63) is 82.2 Å². The Morgan fingerprint density at radius 1 is 0.950 bits per heavy atom. The first-order chi connectivity index (χ1) is 18.7. The van der Waals surface area contributed by atoms with Crippen LogP contribution >= 0.6 is 0 Å². The van der Waals surface area contributed by atoms with E-state index in [0.29, 0.717) is 0 Å². The Hall–Kier alpha value is -4.84. The summed E-state index contributed by atoms with van der Waals surface area (Å²) in [6.45, 7) is 1.20. The second-order valence-corrected chi connectivity index (χ2v) is 11.0. The normalized spacial score (nSPS) is 15.2. The van der Waals surface area contributed by atoms with Crippen LogP contribution in [-0.4, -0.2) is 53.4 Å². The quantitative estimate of drug-likeness (QED) is 0.199. The molecule has 17 heteroatoms. The third-order valence-electron chi connectivity index (χ3n) is 5.43. The number of H-pyrrole nitrogens is 1. The van der Waals surface area contributed by atoms with Gasteiger partial charge in [-0.2, -0.15) is 21.8 Å². The van der Waals surface area contributed by atoms with E-state index >= 15 is 0 Å². The van der Waals surface area contributed by atoms with Gasteiger partial charge in [0.2, 0.25) is 5.91 Å². The molecule has 0 aliphatic carbocycles. The number of anilines is 2. The zero-order chi connectivity index (χ0) is 29.4. The highest BCUT2D eigenvalue weighted by atomic mass is 32.2. The van der Waals surface area contributed by atoms with Crippen LogP contribution in [0.2, 0.25) is 0 Å². The number of rotatable bonds is 6. The number of nitrogens with zero attached hydrogens (tertiary/aromatic N) is 3. The van der Waals surface area contributed by atoms with Crippen LogP contribution in [0.5, 0.6) is 0 Å². The summed E-state index contributed by atoms with van der Waals surface area (Å²) in [5.41, 5.74) is 5.62. The molecule has 0 radical (unpaired) electrons. The van der Waals surface area contributed by atoms with Gasteiger partial charge in [0.05, 0.1) is 32.3 Å². The van der Waals surface area contributed by atoms with Gasteiger partial charge in [0.1, 0.15) is 5.82 Å². The maximum absolute atomic E-state index is 13.1. The molecule has 0 saturated carbocycles. The molecule has 0 bridgehead atoms. The molecule has 0 unspecified atom stereocenters. The number of allylic oxidation sites excluding steroid dienone is 2. The maximum atomic E-state index is 13.1. The lowest BCUT2D eigenvalue weighted by atomic mass is 10.2. The van der Waals surface area contributed by atoms with Gasteiger partial charge >= 0.3 is 0 Å². The zero-order valence-electron chi connectivity index (χ0n) is 20.3. The number of amides is 2. The molecule has 6 N–H and O–H groups in total. The smallest absolute Gasteiger partial charge is 0.294 e. The maximum Gasteiger partial charge on any atom is 0.294 e. The highest BCUT2D eigenvalue weighted by Gasteiger charge is 2.31.